The zero-order valence-corrected chi connectivity index (χ0v) is 18.2. The predicted octanol–water partition coefficient (Wildman–Crippen LogP) is 6.78. The molecule has 1 aliphatic heterocycles. The van der Waals surface area contributed by atoms with Gasteiger partial charge in [-0.2, -0.15) is 25.2 Å². The molecule has 0 bridgehead atoms. The quantitative estimate of drug-likeness (QED) is 0.395. The monoisotopic (exact) mass is 470 g/mol. The number of hydrogen-bond acceptors (Lipinski definition) is 4. The summed E-state index contributed by atoms with van der Waals surface area (Å²) in [5.74, 6) is 0. The molecule has 3 aromatic rings. The van der Waals surface area contributed by atoms with Gasteiger partial charge in [0.05, 0.1) is 0 Å². The van der Waals surface area contributed by atoms with Crippen LogP contribution in [0, 0.1) is 0 Å². The lowest BCUT2D eigenvalue weighted by molar-refractivity contribution is -0.0496. The smallest absolute Gasteiger partial charge is 0.200 e. The third-order valence-corrected chi connectivity index (χ3v) is 11.1. The van der Waals surface area contributed by atoms with Crippen LogP contribution >= 0.6 is 22.1 Å². The van der Waals surface area contributed by atoms with Crippen molar-refractivity contribution in [1.29, 1.82) is 0 Å². The van der Waals surface area contributed by atoms with Gasteiger partial charge in [-0.05, 0) is 58.7 Å². The minimum atomic E-state index is -5.88. The highest BCUT2D eigenvalue weighted by atomic mass is 32.3. The van der Waals surface area contributed by atoms with Crippen molar-refractivity contribution in [3.63, 3.8) is 0 Å². The van der Waals surface area contributed by atoms with Crippen molar-refractivity contribution in [2.75, 3.05) is 0 Å². The zero-order chi connectivity index (χ0) is 21.6. The third kappa shape index (κ3) is 3.43. The Morgan fingerprint density at radius 2 is 1.37 bits per heavy atom. The van der Waals surface area contributed by atoms with Crippen LogP contribution in [-0.4, -0.2) is 13.9 Å². The first-order chi connectivity index (χ1) is 14.2. The molecule has 158 valence electrons. The lowest BCUT2D eigenvalue weighted by Gasteiger charge is -2.43. The summed E-state index contributed by atoms with van der Waals surface area (Å²) in [5, 5.41) is 0. The maximum Gasteiger partial charge on any atom is 0.524 e. The van der Waals surface area contributed by atoms with E-state index in [0.29, 0.717) is 24.5 Å². The number of aryl methyl sites for hydroxylation is 1. The molecule has 9 heteroatoms. The maximum absolute atomic E-state index is 13.4. The average molecular weight is 471 g/mol. The normalized spacial score (nSPS) is 16.4. The molecule has 0 N–H and O–H groups in total. The van der Waals surface area contributed by atoms with Crippen LogP contribution in [0.4, 0.5) is 13.2 Å². The predicted molar refractivity (Wildman–Crippen MR) is 111 cm³/mol. The molecule has 0 aromatic heterocycles. The standard InChI is InChI=1S/C21H17F3O3S3/c1-2-15-11-13-16(14-12-15)29(27-30(25,26)21(22,23)24)19-9-5-3-7-17(19)28-18-8-4-6-10-20(18)29/h3-14H,2H2,1H3. The van der Waals surface area contributed by atoms with Gasteiger partial charge in [-0.1, -0.05) is 55.1 Å². The van der Waals surface area contributed by atoms with Gasteiger partial charge in [0.2, 0.25) is 0 Å². The van der Waals surface area contributed by atoms with Crippen molar-refractivity contribution in [2.45, 2.75) is 43.3 Å². The van der Waals surface area contributed by atoms with Crippen LogP contribution in [-0.2, 0) is 20.2 Å². The molecule has 0 amide bonds. The molecule has 1 aliphatic rings. The van der Waals surface area contributed by atoms with Crippen molar-refractivity contribution < 1.29 is 25.2 Å². The van der Waals surface area contributed by atoms with Gasteiger partial charge < -0.3 is 0 Å². The molecule has 30 heavy (non-hydrogen) atoms. The highest BCUT2D eigenvalue weighted by Crippen LogP contribution is 2.76. The Labute approximate surface area is 178 Å². The molecule has 0 saturated carbocycles. The fraction of sp³-hybridized carbons (Fsp3) is 0.143. The van der Waals surface area contributed by atoms with Gasteiger partial charge in [0.15, 0.2) is 0 Å². The number of benzene rings is 3. The molecule has 3 aromatic carbocycles. The van der Waals surface area contributed by atoms with Gasteiger partial charge in [-0.15, -0.1) is 0 Å². The van der Waals surface area contributed by atoms with E-state index in [0.717, 1.165) is 12.0 Å². The number of alkyl halides is 3. The van der Waals surface area contributed by atoms with E-state index >= 15 is 0 Å². The fourth-order valence-electron chi connectivity index (χ4n) is 3.24. The molecule has 0 aliphatic carbocycles. The van der Waals surface area contributed by atoms with Crippen molar-refractivity contribution in [3.8, 4) is 0 Å². The number of fused-ring (bicyclic) bond motifs is 2. The largest absolute Gasteiger partial charge is 0.524 e. The molecule has 4 rings (SSSR count). The second-order valence-electron chi connectivity index (χ2n) is 6.52. The number of hydrogen-bond donors (Lipinski definition) is 0. The van der Waals surface area contributed by atoms with Crippen molar-refractivity contribution in [1.82, 2.24) is 0 Å². The molecule has 3 nitrogen and oxygen atoms in total. The highest BCUT2D eigenvalue weighted by Gasteiger charge is 2.54. The Hall–Kier alpha value is -1.94. The van der Waals surface area contributed by atoms with Gasteiger partial charge >= 0.3 is 15.6 Å². The summed E-state index contributed by atoms with van der Waals surface area (Å²) in [5.41, 5.74) is -4.55. The molecule has 1 heterocycles. The van der Waals surface area contributed by atoms with Crippen LogP contribution in [0.5, 0.6) is 0 Å². The average Bonchev–Trinajstić information content (AvgIpc) is 2.72. The van der Waals surface area contributed by atoms with Gasteiger partial charge in [-0.25, -0.2) is 0 Å². The molecule has 0 radical (unpaired) electrons. The Balaban J connectivity index is 2.08. The van der Waals surface area contributed by atoms with E-state index in [1.165, 1.54) is 11.8 Å². The summed E-state index contributed by atoms with van der Waals surface area (Å²) >= 11 is 1.39. The zero-order valence-electron chi connectivity index (χ0n) is 15.7. The molecule has 0 unspecified atom stereocenters. The first-order valence-corrected chi connectivity index (χ1v) is 12.8. The molecule has 0 spiro atoms. The van der Waals surface area contributed by atoms with Gasteiger partial charge in [0.25, 0.3) is 0 Å². The van der Waals surface area contributed by atoms with Crippen molar-refractivity contribution >= 4 is 32.2 Å². The second kappa shape index (κ2) is 7.64. The minimum absolute atomic E-state index is 0.396. The SMILES string of the molecule is CCc1ccc(S2(OS(=O)(=O)C(F)(F)F)c3ccccc3Sc3ccccc32)cc1. The van der Waals surface area contributed by atoms with Gasteiger partial charge in [-0.3, -0.25) is 0 Å². The van der Waals surface area contributed by atoms with Crippen LogP contribution in [0.15, 0.2) is 97.3 Å². The van der Waals surface area contributed by atoms with E-state index in [4.69, 9.17) is 3.63 Å². The third-order valence-electron chi connectivity index (χ3n) is 4.68. The summed E-state index contributed by atoms with van der Waals surface area (Å²) in [4.78, 5) is 2.61. The number of halogens is 3. The Morgan fingerprint density at radius 1 is 0.867 bits per heavy atom. The Bertz CT molecular complexity index is 1140. The summed E-state index contributed by atoms with van der Waals surface area (Å²) in [6.07, 6.45) is 0.743. The van der Waals surface area contributed by atoms with Gasteiger partial charge in [0.1, 0.15) is 0 Å². The first-order valence-electron chi connectivity index (χ1n) is 9.00. The second-order valence-corrected chi connectivity index (χ2v) is 12.0. The topological polar surface area (TPSA) is 43.4 Å². The lowest BCUT2D eigenvalue weighted by atomic mass is 10.2. The summed E-state index contributed by atoms with van der Waals surface area (Å²) in [7, 11) is -9.07. The maximum atomic E-state index is 13.4. The van der Waals surface area contributed by atoms with E-state index < -0.39 is 25.9 Å². The van der Waals surface area contributed by atoms with Crippen LogP contribution in [0.25, 0.3) is 0 Å². The van der Waals surface area contributed by atoms with Crippen LogP contribution < -0.4 is 0 Å². The minimum Gasteiger partial charge on any atom is -0.200 e. The summed E-state index contributed by atoms with van der Waals surface area (Å²) in [6, 6.07) is 20.6. The lowest BCUT2D eigenvalue weighted by Crippen LogP contribution is -2.28. The van der Waals surface area contributed by atoms with Crippen LogP contribution in [0.1, 0.15) is 12.5 Å². The Kier molecular flexibility index (Phi) is 5.42. The first kappa shape index (κ1) is 21.3. The van der Waals surface area contributed by atoms with E-state index in [9.17, 15) is 21.6 Å². The molecular weight excluding hydrogens is 453 g/mol. The molecule has 0 fully saturated rings. The van der Waals surface area contributed by atoms with Crippen LogP contribution in [0.3, 0.4) is 0 Å². The molecular formula is C21H17F3O3S3. The Morgan fingerprint density at radius 3 is 1.83 bits per heavy atom. The molecule has 0 atom stereocenters. The highest BCUT2D eigenvalue weighted by molar-refractivity contribution is 8.33. The molecule has 0 saturated heterocycles. The van der Waals surface area contributed by atoms with E-state index in [-0.39, 0.29) is 0 Å². The van der Waals surface area contributed by atoms with Crippen LogP contribution in [0.2, 0.25) is 0 Å². The fourth-order valence-corrected chi connectivity index (χ4v) is 9.85. The summed E-state index contributed by atoms with van der Waals surface area (Å²) in [6.45, 7) is 1.96. The summed E-state index contributed by atoms with van der Waals surface area (Å²) < 4.78 is 70.2. The van der Waals surface area contributed by atoms with Crippen molar-refractivity contribution in [2.24, 2.45) is 0 Å². The van der Waals surface area contributed by atoms with Gasteiger partial charge in [0, 0.05) is 24.5 Å². The van der Waals surface area contributed by atoms with E-state index in [1.54, 1.807) is 72.8 Å². The number of rotatable bonds is 4. The van der Waals surface area contributed by atoms with Crippen molar-refractivity contribution in [3.05, 3.63) is 78.4 Å². The van der Waals surface area contributed by atoms with E-state index in [2.05, 4.69) is 0 Å². The van der Waals surface area contributed by atoms with E-state index in [1.807, 2.05) is 6.92 Å².